The Hall–Kier alpha value is -3.53. The molecule has 4 N–H and O–H groups in total. The second kappa shape index (κ2) is 10.9. The molecular weight excluding hydrogens is 424 g/mol. The van der Waals surface area contributed by atoms with E-state index in [4.69, 9.17) is 19.9 Å². The van der Waals surface area contributed by atoms with Crippen molar-refractivity contribution in [1.82, 2.24) is 14.5 Å². The highest BCUT2D eigenvalue weighted by Gasteiger charge is 2.18. The molecule has 3 aromatic rings. The molecule has 1 aromatic carbocycles. The number of anilines is 3. The maximum absolute atomic E-state index is 12.5. The number of imidazole rings is 1. The van der Waals surface area contributed by atoms with E-state index in [1.807, 2.05) is 24.5 Å². The van der Waals surface area contributed by atoms with E-state index in [0.717, 1.165) is 12.8 Å². The number of hydrogen-bond donors (Lipinski definition) is 3. The van der Waals surface area contributed by atoms with Crippen LogP contribution >= 0.6 is 0 Å². The normalized spacial score (nSPS) is 11.0. The summed E-state index contributed by atoms with van der Waals surface area (Å²) in [6.07, 6.45) is 1.55. The highest BCUT2D eigenvalue weighted by atomic mass is 16.5. The SMILES string of the molecule is CCC(CC)C(=O)Nc1ccc2nc(Nc3cc(OC)c(OC)c(OC)c3)n(CCN)c2n1. The third kappa shape index (κ3) is 5.11. The summed E-state index contributed by atoms with van der Waals surface area (Å²) in [5.41, 5.74) is 7.86. The van der Waals surface area contributed by atoms with Crippen molar-refractivity contribution in [3.63, 3.8) is 0 Å². The Labute approximate surface area is 193 Å². The fraction of sp³-hybridized carbons (Fsp3) is 0.435. The summed E-state index contributed by atoms with van der Waals surface area (Å²) in [5, 5.41) is 6.21. The molecule has 0 atom stereocenters. The Bertz CT molecular complexity index is 1080. The van der Waals surface area contributed by atoms with Gasteiger partial charge in [-0.2, -0.15) is 0 Å². The van der Waals surface area contributed by atoms with E-state index in [0.29, 0.717) is 59.0 Å². The Morgan fingerprint density at radius 3 is 2.27 bits per heavy atom. The van der Waals surface area contributed by atoms with Crippen molar-refractivity contribution in [2.24, 2.45) is 11.7 Å². The number of benzene rings is 1. The van der Waals surface area contributed by atoms with Crippen LogP contribution in [-0.4, -0.2) is 48.3 Å². The molecule has 0 aliphatic carbocycles. The van der Waals surface area contributed by atoms with Gasteiger partial charge in [0.2, 0.25) is 17.6 Å². The minimum absolute atomic E-state index is 0.0347. The lowest BCUT2D eigenvalue weighted by Gasteiger charge is -2.15. The van der Waals surface area contributed by atoms with Gasteiger partial charge in [-0.05, 0) is 25.0 Å². The summed E-state index contributed by atoms with van der Waals surface area (Å²) >= 11 is 0. The summed E-state index contributed by atoms with van der Waals surface area (Å²) in [6, 6.07) is 7.17. The number of amides is 1. The van der Waals surface area contributed by atoms with Gasteiger partial charge in [0.05, 0.1) is 21.3 Å². The molecule has 2 aromatic heterocycles. The minimum Gasteiger partial charge on any atom is -0.493 e. The van der Waals surface area contributed by atoms with E-state index in [-0.39, 0.29) is 11.8 Å². The number of methoxy groups -OCH3 is 3. The number of pyridine rings is 1. The maximum atomic E-state index is 12.5. The first kappa shape index (κ1) is 24.1. The van der Waals surface area contributed by atoms with Crippen LogP contribution in [0.5, 0.6) is 17.2 Å². The van der Waals surface area contributed by atoms with Crippen LogP contribution in [0.3, 0.4) is 0 Å². The average molecular weight is 457 g/mol. The molecule has 0 bridgehead atoms. The number of rotatable bonds is 11. The van der Waals surface area contributed by atoms with E-state index in [1.54, 1.807) is 39.5 Å². The summed E-state index contributed by atoms with van der Waals surface area (Å²) < 4.78 is 18.2. The third-order valence-corrected chi connectivity index (χ3v) is 5.47. The van der Waals surface area contributed by atoms with Gasteiger partial charge in [0.15, 0.2) is 17.1 Å². The lowest BCUT2D eigenvalue weighted by atomic mass is 10.0. The molecular formula is C23H32N6O4. The van der Waals surface area contributed by atoms with Crippen LogP contribution in [0.4, 0.5) is 17.5 Å². The van der Waals surface area contributed by atoms with Crippen molar-refractivity contribution in [2.75, 3.05) is 38.5 Å². The van der Waals surface area contributed by atoms with Gasteiger partial charge in [0.25, 0.3) is 0 Å². The topological polar surface area (TPSA) is 126 Å². The quantitative estimate of drug-likeness (QED) is 0.400. The molecule has 3 rings (SSSR count). The van der Waals surface area contributed by atoms with Crippen LogP contribution in [0.15, 0.2) is 24.3 Å². The zero-order chi connectivity index (χ0) is 24.0. The Morgan fingerprint density at radius 1 is 1.06 bits per heavy atom. The van der Waals surface area contributed by atoms with Gasteiger partial charge < -0.3 is 30.6 Å². The smallest absolute Gasteiger partial charge is 0.228 e. The van der Waals surface area contributed by atoms with Crippen LogP contribution in [0.25, 0.3) is 11.2 Å². The fourth-order valence-corrected chi connectivity index (χ4v) is 3.68. The number of nitrogens with one attached hydrogen (secondary N) is 2. The minimum atomic E-state index is -0.0475. The van der Waals surface area contributed by atoms with Crippen molar-refractivity contribution >= 4 is 34.5 Å². The average Bonchev–Trinajstić information content (AvgIpc) is 3.15. The van der Waals surface area contributed by atoms with Gasteiger partial charge in [-0.15, -0.1) is 0 Å². The molecule has 0 aliphatic rings. The van der Waals surface area contributed by atoms with E-state index in [9.17, 15) is 4.79 Å². The lowest BCUT2D eigenvalue weighted by Crippen LogP contribution is -2.22. The molecule has 0 fully saturated rings. The van der Waals surface area contributed by atoms with Crippen molar-refractivity contribution in [3.05, 3.63) is 24.3 Å². The van der Waals surface area contributed by atoms with E-state index < -0.39 is 0 Å². The summed E-state index contributed by atoms with van der Waals surface area (Å²) in [5.74, 6) is 2.50. The summed E-state index contributed by atoms with van der Waals surface area (Å²) in [4.78, 5) is 21.8. The fourth-order valence-electron chi connectivity index (χ4n) is 3.68. The standard InChI is InChI=1S/C23H32N6O4/c1-6-14(7-2)22(30)28-19-9-8-16-21(27-19)29(11-10-24)23(26-16)25-15-12-17(31-3)20(33-5)18(13-15)32-4/h8-9,12-14H,6-7,10-11,24H2,1-5H3,(H,25,26)(H,27,28,30). The van der Waals surface area contributed by atoms with Gasteiger partial charge in [-0.25, -0.2) is 9.97 Å². The van der Waals surface area contributed by atoms with Crippen molar-refractivity contribution < 1.29 is 19.0 Å². The first-order chi connectivity index (χ1) is 16.0. The Morgan fingerprint density at radius 2 is 1.73 bits per heavy atom. The molecule has 1 amide bonds. The predicted octanol–water partition coefficient (Wildman–Crippen LogP) is 3.53. The molecule has 33 heavy (non-hydrogen) atoms. The number of carbonyl (C=O) groups excluding carboxylic acids is 1. The van der Waals surface area contributed by atoms with E-state index >= 15 is 0 Å². The van der Waals surface area contributed by atoms with Crippen LogP contribution in [-0.2, 0) is 11.3 Å². The molecule has 0 saturated carbocycles. The first-order valence-corrected chi connectivity index (χ1v) is 10.9. The summed E-state index contributed by atoms with van der Waals surface area (Å²) in [6.45, 7) is 4.88. The second-order valence-electron chi connectivity index (χ2n) is 7.46. The van der Waals surface area contributed by atoms with Gasteiger partial charge >= 0.3 is 0 Å². The van der Waals surface area contributed by atoms with E-state index in [2.05, 4.69) is 20.6 Å². The Balaban J connectivity index is 1.98. The number of fused-ring (bicyclic) bond motifs is 1. The molecule has 2 heterocycles. The van der Waals surface area contributed by atoms with Crippen LogP contribution in [0.2, 0.25) is 0 Å². The number of nitrogens with two attached hydrogens (primary N) is 1. The molecule has 0 saturated heterocycles. The van der Waals surface area contributed by atoms with Crippen LogP contribution in [0, 0.1) is 5.92 Å². The highest BCUT2D eigenvalue weighted by Crippen LogP contribution is 2.40. The number of hydrogen-bond acceptors (Lipinski definition) is 8. The predicted molar refractivity (Wildman–Crippen MR) is 129 cm³/mol. The number of aromatic nitrogens is 3. The van der Waals surface area contributed by atoms with Crippen molar-refractivity contribution in [1.29, 1.82) is 0 Å². The third-order valence-electron chi connectivity index (χ3n) is 5.47. The van der Waals surface area contributed by atoms with Crippen molar-refractivity contribution in [2.45, 2.75) is 33.2 Å². The van der Waals surface area contributed by atoms with Crippen LogP contribution in [0.1, 0.15) is 26.7 Å². The summed E-state index contributed by atoms with van der Waals surface area (Å²) in [7, 11) is 4.68. The number of nitrogens with zero attached hydrogens (tertiary/aromatic N) is 3. The van der Waals surface area contributed by atoms with Crippen LogP contribution < -0.4 is 30.6 Å². The van der Waals surface area contributed by atoms with Gasteiger partial charge in [-0.1, -0.05) is 13.8 Å². The number of carbonyl (C=O) groups is 1. The molecule has 10 nitrogen and oxygen atoms in total. The zero-order valence-electron chi connectivity index (χ0n) is 19.8. The Kier molecular flexibility index (Phi) is 7.94. The second-order valence-corrected chi connectivity index (χ2v) is 7.46. The molecule has 0 unspecified atom stereocenters. The van der Waals surface area contributed by atoms with Gasteiger partial charge in [0, 0.05) is 36.8 Å². The van der Waals surface area contributed by atoms with Crippen molar-refractivity contribution in [3.8, 4) is 17.2 Å². The zero-order valence-corrected chi connectivity index (χ0v) is 19.8. The lowest BCUT2D eigenvalue weighted by molar-refractivity contribution is -0.120. The number of ether oxygens (including phenoxy) is 3. The largest absolute Gasteiger partial charge is 0.493 e. The van der Waals surface area contributed by atoms with Gasteiger partial charge in [-0.3, -0.25) is 9.36 Å². The van der Waals surface area contributed by atoms with E-state index in [1.165, 1.54) is 0 Å². The maximum Gasteiger partial charge on any atom is 0.228 e. The highest BCUT2D eigenvalue weighted by molar-refractivity contribution is 5.92. The molecule has 0 spiro atoms. The molecule has 10 heteroatoms. The molecule has 0 aliphatic heterocycles. The molecule has 178 valence electrons. The molecule has 0 radical (unpaired) electrons. The monoisotopic (exact) mass is 456 g/mol. The van der Waals surface area contributed by atoms with Gasteiger partial charge in [0.1, 0.15) is 11.3 Å². The first-order valence-electron chi connectivity index (χ1n) is 10.9.